The fraction of sp³-hybridized carbons (Fsp3) is 0.200. The predicted molar refractivity (Wildman–Crippen MR) is 56.2 cm³/mol. The Balaban J connectivity index is 2.98. The van der Waals surface area contributed by atoms with E-state index in [4.69, 9.17) is 14.8 Å². The van der Waals surface area contributed by atoms with E-state index in [2.05, 4.69) is 0 Å². The molecule has 2 N–H and O–H groups in total. The minimum Gasteiger partial charge on any atom is -0.462 e. The first-order valence-electron chi connectivity index (χ1n) is 4.73. The van der Waals surface area contributed by atoms with Crippen molar-refractivity contribution in [3.05, 3.63) is 36.1 Å². The van der Waals surface area contributed by atoms with Gasteiger partial charge in [0.05, 0.1) is 6.26 Å². The predicted octanol–water partition coefficient (Wildman–Crippen LogP) is 0.947. The van der Waals surface area contributed by atoms with Crippen LogP contribution in [0.5, 0.6) is 5.75 Å². The topological polar surface area (TPSA) is 49.7 Å². The summed E-state index contributed by atoms with van der Waals surface area (Å²) in [6.45, 7) is 1.86. The minimum atomic E-state index is -2.05. The van der Waals surface area contributed by atoms with Crippen molar-refractivity contribution in [2.75, 3.05) is 0 Å². The standard InChI is InChI=1S/C10H11BF2O3/c1-2-3-6-16-8-5-4-7(11(14)15)9(12)10(8)13/h3-6,14-15H,2H2,1H3. The van der Waals surface area contributed by atoms with Crippen LogP contribution in [0.2, 0.25) is 0 Å². The first kappa shape index (κ1) is 12.7. The number of ether oxygens (including phenoxy) is 1. The maximum absolute atomic E-state index is 13.3. The van der Waals surface area contributed by atoms with Gasteiger partial charge in [0.25, 0.3) is 0 Å². The van der Waals surface area contributed by atoms with Crippen molar-refractivity contribution in [2.45, 2.75) is 13.3 Å². The Hall–Kier alpha value is -1.40. The molecule has 0 heterocycles. The van der Waals surface area contributed by atoms with Gasteiger partial charge in [-0.3, -0.25) is 0 Å². The van der Waals surface area contributed by atoms with Gasteiger partial charge in [0.15, 0.2) is 11.6 Å². The van der Waals surface area contributed by atoms with Crippen LogP contribution in [0.25, 0.3) is 0 Å². The second-order valence-corrected chi connectivity index (χ2v) is 3.05. The van der Waals surface area contributed by atoms with Crippen LogP contribution < -0.4 is 10.2 Å². The van der Waals surface area contributed by atoms with E-state index in [0.29, 0.717) is 6.42 Å². The monoisotopic (exact) mass is 228 g/mol. The summed E-state index contributed by atoms with van der Waals surface area (Å²) in [5, 5.41) is 17.5. The van der Waals surface area contributed by atoms with Gasteiger partial charge in [-0.25, -0.2) is 4.39 Å². The first-order valence-corrected chi connectivity index (χ1v) is 4.73. The smallest absolute Gasteiger partial charge is 0.462 e. The summed E-state index contributed by atoms with van der Waals surface area (Å²) in [4.78, 5) is 0. The van der Waals surface area contributed by atoms with Crippen molar-refractivity contribution in [2.24, 2.45) is 0 Å². The van der Waals surface area contributed by atoms with E-state index in [9.17, 15) is 8.78 Å². The summed E-state index contributed by atoms with van der Waals surface area (Å²) in [5.74, 6) is -2.87. The van der Waals surface area contributed by atoms with Gasteiger partial charge in [-0.2, -0.15) is 4.39 Å². The van der Waals surface area contributed by atoms with Crippen molar-refractivity contribution in [1.82, 2.24) is 0 Å². The molecule has 86 valence electrons. The zero-order valence-corrected chi connectivity index (χ0v) is 8.65. The fourth-order valence-corrected chi connectivity index (χ4v) is 1.05. The number of rotatable bonds is 4. The summed E-state index contributed by atoms with van der Waals surface area (Å²) in [6.07, 6.45) is 3.58. The molecule has 6 heteroatoms. The highest BCUT2D eigenvalue weighted by Gasteiger charge is 2.21. The lowest BCUT2D eigenvalue weighted by molar-refractivity contribution is 0.405. The number of halogens is 2. The van der Waals surface area contributed by atoms with Gasteiger partial charge < -0.3 is 14.8 Å². The molecule has 0 saturated carbocycles. The number of hydrogen-bond acceptors (Lipinski definition) is 3. The summed E-state index contributed by atoms with van der Waals surface area (Å²) in [5.41, 5.74) is -0.524. The lowest BCUT2D eigenvalue weighted by atomic mass is 9.80. The lowest BCUT2D eigenvalue weighted by Crippen LogP contribution is -2.33. The summed E-state index contributed by atoms with van der Waals surface area (Å²) < 4.78 is 31.4. The Morgan fingerprint density at radius 1 is 1.31 bits per heavy atom. The van der Waals surface area contributed by atoms with Gasteiger partial charge in [-0.15, -0.1) is 0 Å². The largest absolute Gasteiger partial charge is 0.491 e. The third-order valence-electron chi connectivity index (χ3n) is 1.88. The van der Waals surface area contributed by atoms with E-state index in [1.807, 2.05) is 6.92 Å². The molecule has 0 unspecified atom stereocenters. The third-order valence-corrected chi connectivity index (χ3v) is 1.88. The molecule has 0 aliphatic rings. The lowest BCUT2D eigenvalue weighted by Gasteiger charge is -2.06. The molecular weight excluding hydrogens is 217 g/mol. The highest BCUT2D eigenvalue weighted by molar-refractivity contribution is 6.58. The van der Waals surface area contributed by atoms with Crippen molar-refractivity contribution in [3.63, 3.8) is 0 Å². The van der Waals surface area contributed by atoms with Gasteiger partial charge >= 0.3 is 7.12 Å². The Morgan fingerprint density at radius 3 is 2.56 bits per heavy atom. The molecule has 1 aromatic carbocycles. The van der Waals surface area contributed by atoms with Crippen LogP contribution in [0, 0.1) is 11.6 Å². The van der Waals surface area contributed by atoms with Crippen molar-refractivity contribution in [3.8, 4) is 5.75 Å². The average Bonchev–Trinajstić information content (AvgIpc) is 2.24. The van der Waals surface area contributed by atoms with E-state index in [1.165, 1.54) is 6.26 Å². The molecule has 0 aliphatic heterocycles. The molecular formula is C10H11BF2O3. The van der Waals surface area contributed by atoms with Gasteiger partial charge in [-0.05, 0) is 18.6 Å². The minimum absolute atomic E-state index is 0.299. The van der Waals surface area contributed by atoms with Crippen LogP contribution in [-0.4, -0.2) is 17.2 Å². The van der Waals surface area contributed by atoms with Crippen LogP contribution in [0.4, 0.5) is 8.78 Å². The molecule has 0 aliphatic carbocycles. The fourth-order valence-electron chi connectivity index (χ4n) is 1.05. The van der Waals surface area contributed by atoms with E-state index in [-0.39, 0.29) is 5.75 Å². The summed E-state index contributed by atoms with van der Waals surface area (Å²) in [6, 6.07) is 2.19. The van der Waals surface area contributed by atoms with Crippen molar-refractivity contribution in [1.29, 1.82) is 0 Å². The van der Waals surface area contributed by atoms with E-state index >= 15 is 0 Å². The Labute approximate surface area is 92.1 Å². The molecule has 0 radical (unpaired) electrons. The first-order chi connectivity index (χ1) is 7.57. The Morgan fingerprint density at radius 2 is 2.00 bits per heavy atom. The summed E-state index contributed by atoms with van der Waals surface area (Å²) in [7, 11) is -2.05. The maximum Gasteiger partial charge on any atom is 0.491 e. The third kappa shape index (κ3) is 2.80. The maximum atomic E-state index is 13.3. The zero-order chi connectivity index (χ0) is 12.1. The van der Waals surface area contributed by atoms with Crippen molar-refractivity contribution >= 4 is 12.6 Å². The Bertz CT molecular complexity index is 394. The normalized spacial score (nSPS) is 10.8. The number of hydrogen-bond donors (Lipinski definition) is 2. The van der Waals surface area contributed by atoms with E-state index in [0.717, 1.165) is 12.1 Å². The van der Waals surface area contributed by atoms with Crippen LogP contribution in [-0.2, 0) is 0 Å². The molecule has 0 fully saturated rings. The second-order valence-electron chi connectivity index (χ2n) is 3.05. The Kier molecular flexibility index (Phi) is 4.45. The quantitative estimate of drug-likeness (QED) is 0.595. The molecule has 0 spiro atoms. The second kappa shape index (κ2) is 5.62. The van der Waals surface area contributed by atoms with Crippen LogP contribution in [0.1, 0.15) is 13.3 Å². The zero-order valence-electron chi connectivity index (χ0n) is 8.65. The molecule has 0 amide bonds. The summed E-state index contributed by atoms with van der Waals surface area (Å²) >= 11 is 0. The van der Waals surface area contributed by atoms with E-state index in [1.54, 1.807) is 6.08 Å². The molecule has 0 atom stereocenters. The molecule has 0 aromatic heterocycles. The molecule has 16 heavy (non-hydrogen) atoms. The molecule has 0 bridgehead atoms. The van der Waals surface area contributed by atoms with E-state index < -0.39 is 24.2 Å². The van der Waals surface area contributed by atoms with Gasteiger partial charge in [-0.1, -0.05) is 13.0 Å². The molecule has 0 saturated heterocycles. The number of allylic oxidation sites excluding steroid dienone is 1. The highest BCUT2D eigenvalue weighted by atomic mass is 19.2. The van der Waals surface area contributed by atoms with Crippen LogP contribution in [0.15, 0.2) is 24.5 Å². The van der Waals surface area contributed by atoms with Gasteiger partial charge in [0.1, 0.15) is 0 Å². The molecule has 1 aromatic rings. The van der Waals surface area contributed by atoms with Crippen LogP contribution in [0.3, 0.4) is 0 Å². The van der Waals surface area contributed by atoms with Crippen LogP contribution >= 0.6 is 0 Å². The number of benzene rings is 1. The molecule has 3 nitrogen and oxygen atoms in total. The van der Waals surface area contributed by atoms with Gasteiger partial charge in [0, 0.05) is 5.46 Å². The van der Waals surface area contributed by atoms with Crippen molar-refractivity contribution < 1.29 is 23.6 Å². The van der Waals surface area contributed by atoms with Gasteiger partial charge in [0.2, 0.25) is 5.82 Å². The molecule has 1 rings (SSSR count). The SMILES string of the molecule is CCC=COc1ccc(B(O)O)c(F)c1F. The average molecular weight is 228 g/mol. The highest BCUT2D eigenvalue weighted by Crippen LogP contribution is 2.18.